The van der Waals surface area contributed by atoms with Gasteiger partial charge < -0.3 is 14.5 Å². The van der Waals surface area contributed by atoms with Crippen molar-refractivity contribution >= 4 is 11.7 Å². The van der Waals surface area contributed by atoms with Crippen LogP contribution in [0.1, 0.15) is 24.5 Å². The number of nitrogens with zero attached hydrogens (tertiary/aromatic N) is 6. The largest absolute Gasteiger partial charge is 0.497 e. The Morgan fingerprint density at radius 2 is 1.79 bits per heavy atom. The molecule has 0 unspecified atom stereocenters. The van der Waals surface area contributed by atoms with E-state index in [4.69, 9.17) is 4.74 Å². The normalized spacial score (nSPS) is 16.0. The van der Waals surface area contributed by atoms with E-state index < -0.39 is 0 Å². The molecule has 2 aromatic heterocycles. The second kappa shape index (κ2) is 9.01. The van der Waals surface area contributed by atoms with Crippen LogP contribution in [-0.4, -0.2) is 63.8 Å². The van der Waals surface area contributed by atoms with Crippen molar-refractivity contribution in [3.8, 4) is 17.0 Å². The quantitative estimate of drug-likeness (QED) is 0.571. The number of aromatic nitrogens is 4. The Labute approximate surface area is 191 Å². The van der Waals surface area contributed by atoms with Crippen LogP contribution in [0.5, 0.6) is 5.75 Å². The third-order valence-corrected chi connectivity index (χ3v) is 6.16. The number of amides is 1. The molecule has 1 saturated carbocycles. The molecule has 3 heterocycles. The SMILES string of the molecule is COc1ccc(-c2cc(N3CCN(C(=O)Cn4nc(C5CC5)ccc4=O)CC3)ncn2)cc1. The Balaban J connectivity index is 1.22. The number of anilines is 1. The molecule has 0 radical (unpaired) electrons. The number of methoxy groups -OCH3 is 1. The molecule has 5 rings (SSSR count). The lowest BCUT2D eigenvalue weighted by Crippen LogP contribution is -2.50. The summed E-state index contributed by atoms with van der Waals surface area (Å²) < 4.78 is 6.52. The predicted molar refractivity (Wildman–Crippen MR) is 123 cm³/mol. The molecule has 0 atom stereocenters. The second-order valence-corrected chi connectivity index (χ2v) is 8.39. The number of benzene rings is 1. The summed E-state index contributed by atoms with van der Waals surface area (Å²) in [7, 11) is 1.64. The molecule has 170 valence electrons. The molecule has 3 aromatic rings. The van der Waals surface area contributed by atoms with Gasteiger partial charge in [-0.05, 0) is 43.2 Å². The third-order valence-electron chi connectivity index (χ3n) is 6.16. The van der Waals surface area contributed by atoms with E-state index in [9.17, 15) is 9.59 Å². The van der Waals surface area contributed by atoms with Crippen LogP contribution >= 0.6 is 0 Å². The first-order chi connectivity index (χ1) is 16.1. The van der Waals surface area contributed by atoms with Crippen LogP contribution in [-0.2, 0) is 11.3 Å². The fourth-order valence-electron chi connectivity index (χ4n) is 4.03. The molecule has 2 aliphatic rings. The molecule has 0 N–H and O–H groups in total. The van der Waals surface area contributed by atoms with Gasteiger partial charge in [0.05, 0.1) is 18.5 Å². The first-order valence-electron chi connectivity index (χ1n) is 11.2. The van der Waals surface area contributed by atoms with E-state index in [1.165, 1.54) is 10.7 Å². The summed E-state index contributed by atoms with van der Waals surface area (Å²) in [4.78, 5) is 37.8. The van der Waals surface area contributed by atoms with Crippen LogP contribution in [0.15, 0.2) is 53.6 Å². The maximum Gasteiger partial charge on any atom is 0.267 e. The van der Waals surface area contributed by atoms with Crippen molar-refractivity contribution in [2.24, 2.45) is 0 Å². The zero-order valence-corrected chi connectivity index (χ0v) is 18.6. The Hall–Kier alpha value is -3.75. The maximum absolute atomic E-state index is 12.8. The van der Waals surface area contributed by atoms with Crippen molar-refractivity contribution in [2.75, 3.05) is 38.2 Å². The minimum absolute atomic E-state index is 0.0193. The second-order valence-electron chi connectivity index (χ2n) is 8.39. The first kappa shape index (κ1) is 21.1. The molecule has 1 amide bonds. The maximum atomic E-state index is 12.8. The highest BCUT2D eigenvalue weighted by Crippen LogP contribution is 2.38. The summed E-state index contributed by atoms with van der Waals surface area (Å²) in [5.74, 6) is 1.98. The number of hydrogen-bond acceptors (Lipinski definition) is 7. The molecule has 33 heavy (non-hydrogen) atoms. The van der Waals surface area contributed by atoms with Crippen LogP contribution < -0.4 is 15.2 Å². The molecule has 0 bridgehead atoms. The molecule has 1 aromatic carbocycles. The topological polar surface area (TPSA) is 93.5 Å². The van der Waals surface area contributed by atoms with Crippen molar-refractivity contribution in [2.45, 2.75) is 25.3 Å². The van der Waals surface area contributed by atoms with E-state index in [0.29, 0.717) is 32.1 Å². The number of ether oxygens (including phenoxy) is 1. The van der Waals surface area contributed by atoms with Crippen molar-refractivity contribution in [1.82, 2.24) is 24.6 Å². The Bertz CT molecular complexity index is 1200. The number of hydrogen-bond donors (Lipinski definition) is 0. The Morgan fingerprint density at radius 3 is 2.48 bits per heavy atom. The van der Waals surface area contributed by atoms with Crippen LogP contribution in [0.2, 0.25) is 0 Å². The summed E-state index contributed by atoms with van der Waals surface area (Å²) in [6.45, 7) is 2.44. The molecule has 2 fully saturated rings. The lowest BCUT2D eigenvalue weighted by atomic mass is 10.1. The summed E-state index contributed by atoms with van der Waals surface area (Å²) in [5, 5.41) is 4.40. The van der Waals surface area contributed by atoms with Gasteiger partial charge in [-0.15, -0.1) is 0 Å². The summed E-state index contributed by atoms with van der Waals surface area (Å²) >= 11 is 0. The van der Waals surface area contributed by atoms with Crippen molar-refractivity contribution in [3.63, 3.8) is 0 Å². The minimum Gasteiger partial charge on any atom is -0.497 e. The summed E-state index contributed by atoms with van der Waals surface area (Å²) in [6, 6.07) is 13.0. The zero-order chi connectivity index (χ0) is 22.8. The van der Waals surface area contributed by atoms with E-state index in [1.807, 2.05) is 30.3 Å². The van der Waals surface area contributed by atoms with Gasteiger partial charge in [-0.1, -0.05) is 0 Å². The van der Waals surface area contributed by atoms with Gasteiger partial charge in [0.1, 0.15) is 24.4 Å². The lowest BCUT2D eigenvalue weighted by molar-refractivity contribution is -0.132. The standard InChI is InChI=1S/C24H26N6O3/c1-33-19-6-4-18(5-7-19)21-14-22(26-16-25-21)28-10-12-29(13-11-28)24(32)15-30-23(31)9-8-20(27-30)17-2-3-17/h4-9,14,16-17H,2-3,10-13,15H2,1H3. The van der Waals surface area contributed by atoms with Gasteiger partial charge in [-0.2, -0.15) is 5.10 Å². The average molecular weight is 447 g/mol. The molecular formula is C24H26N6O3. The highest BCUT2D eigenvalue weighted by atomic mass is 16.5. The fraction of sp³-hybridized carbons (Fsp3) is 0.375. The van der Waals surface area contributed by atoms with Gasteiger partial charge >= 0.3 is 0 Å². The van der Waals surface area contributed by atoms with E-state index in [2.05, 4.69) is 20.0 Å². The molecule has 1 aliphatic heterocycles. The monoisotopic (exact) mass is 446 g/mol. The molecule has 1 saturated heterocycles. The smallest absolute Gasteiger partial charge is 0.267 e. The van der Waals surface area contributed by atoms with Gasteiger partial charge in [0.15, 0.2) is 0 Å². The van der Waals surface area contributed by atoms with Gasteiger partial charge in [-0.3, -0.25) is 9.59 Å². The van der Waals surface area contributed by atoms with E-state index in [0.717, 1.165) is 41.4 Å². The van der Waals surface area contributed by atoms with E-state index >= 15 is 0 Å². The van der Waals surface area contributed by atoms with Gasteiger partial charge in [0, 0.05) is 49.8 Å². The minimum atomic E-state index is -0.238. The number of carbonyl (C=O) groups is 1. The Kier molecular flexibility index (Phi) is 5.77. The first-order valence-corrected chi connectivity index (χ1v) is 11.2. The molecule has 0 spiro atoms. The zero-order valence-electron chi connectivity index (χ0n) is 18.6. The van der Waals surface area contributed by atoms with E-state index in [1.54, 1.807) is 24.4 Å². The van der Waals surface area contributed by atoms with Gasteiger partial charge in [-0.25, -0.2) is 14.6 Å². The van der Waals surface area contributed by atoms with Crippen LogP contribution in [0.25, 0.3) is 11.3 Å². The van der Waals surface area contributed by atoms with Crippen LogP contribution in [0.3, 0.4) is 0 Å². The average Bonchev–Trinajstić information content (AvgIpc) is 3.71. The van der Waals surface area contributed by atoms with Gasteiger partial charge in [0.2, 0.25) is 5.91 Å². The number of piperazine rings is 1. The Morgan fingerprint density at radius 1 is 1.03 bits per heavy atom. The fourth-order valence-corrected chi connectivity index (χ4v) is 4.03. The molecule has 9 heteroatoms. The molecule has 1 aliphatic carbocycles. The van der Waals surface area contributed by atoms with Crippen molar-refractivity contribution in [1.29, 1.82) is 0 Å². The number of rotatable bonds is 6. The van der Waals surface area contributed by atoms with Crippen LogP contribution in [0.4, 0.5) is 5.82 Å². The van der Waals surface area contributed by atoms with E-state index in [-0.39, 0.29) is 18.0 Å². The van der Waals surface area contributed by atoms with Crippen molar-refractivity contribution in [3.05, 3.63) is 64.8 Å². The summed E-state index contributed by atoms with van der Waals surface area (Å²) in [6.07, 6.45) is 3.77. The lowest BCUT2D eigenvalue weighted by Gasteiger charge is -2.35. The van der Waals surface area contributed by atoms with Crippen LogP contribution in [0, 0.1) is 0 Å². The predicted octanol–water partition coefficient (Wildman–Crippen LogP) is 1.94. The highest BCUT2D eigenvalue weighted by molar-refractivity contribution is 5.76. The van der Waals surface area contributed by atoms with Crippen molar-refractivity contribution < 1.29 is 9.53 Å². The van der Waals surface area contributed by atoms with Gasteiger partial charge in [0.25, 0.3) is 5.56 Å². The molecule has 9 nitrogen and oxygen atoms in total. The number of carbonyl (C=O) groups excluding carboxylic acids is 1. The summed E-state index contributed by atoms with van der Waals surface area (Å²) in [5.41, 5.74) is 2.49. The third kappa shape index (κ3) is 4.72. The highest BCUT2D eigenvalue weighted by Gasteiger charge is 2.27. The molecular weight excluding hydrogens is 420 g/mol.